The van der Waals surface area contributed by atoms with Gasteiger partial charge in [0, 0.05) is 17.8 Å². The zero-order valence-corrected chi connectivity index (χ0v) is 11.4. The maximum atomic E-state index is 11.7. The first kappa shape index (κ1) is 13.3. The maximum Gasteiger partial charge on any atom is 0.240 e. The van der Waals surface area contributed by atoms with Crippen LogP contribution in [-0.2, 0) is 10.0 Å². The van der Waals surface area contributed by atoms with E-state index in [1.54, 1.807) is 12.1 Å². The Balaban J connectivity index is 2.22. The Labute approximate surface area is 108 Å². The fourth-order valence-corrected chi connectivity index (χ4v) is 2.80. The van der Waals surface area contributed by atoms with E-state index in [1.807, 2.05) is 13.0 Å². The van der Waals surface area contributed by atoms with Crippen molar-refractivity contribution in [2.45, 2.75) is 36.7 Å². The molecule has 4 N–H and O–H groups in total. The Morgan fingerprint density at radius 2 is 2.00 bits per heavy atom. The van der Waals surface area contributed by atoms with Crippen molar-refractivity contribution in [2.24, 2.45) is 5.73 Å². The number of rotatable bonds is 4. The van der Waals surface area contributed by atoms with E-state index in [0.717, 1.165) is 24.1 Å². The summed E-state index contributed by atoms with van der Waals surface area (Å²) < 4.78 is 25.8. The molecule has 0 heterocycles. The minimum absolute atomic E-state index is 0.270. The molecule has 1 aliphatic carbocycles. The molecule has 0 bridgehead atoms. The molecule has 0 saturated heterocycles. The van der Waals surface area contributed by atoms with E-state index in [-0.39, 0.29) is 10.9 Å². The van der Waals surface area contributed by atoms with E-state index in [2.05, 4.69) is 10.0 Å². The lowest BCUT2D eigenvalue weighted by molar-refractivity contribution is 0.373. The SMILES string of the molecule is CNS(=O)(=O)c1ccc(C)c(NC2CC(N)C2)c1. The number of nitrogens with two attached hydrogens (primary N) is 1. The first-order chi connectivity index (χ1) is 8.42. The molecule has 100 valence electrons. The van der Waals surface area contributed by atoms with Gasteiger partial charge in [0.1, 0.15) is 0 Å². The van der Waals surface area contributed by atoms with Gasteiger partial charge in [0.05, 0.1) is 4.90 Å². The van der Waals surface area contributed by atoms with Crippen molar-refractivity contribution in [1.29, 1.82) is 0 Å². The van der Waals surface area contributed by atoms with E-state index in [1.165, 1.54) is 7.05 Å². The summed E-state index contributed by atoms with van der Waals surface area (Å²) in [4.78, 5) is 0.279. The lowest BCUT2D eigenvalue weighted by Crippen LogP contribution is -2.44. The zero-order chi connectivity index (χ0) is 13.3. The van der Waals surface area contributed by atoms with Crippen molar-refractivity contribution in [2.75, 3.05) is 12.4 Å². The van der Waals surface area contributed by atoms with Gasteiger partial charge in [-0.1, -0.05) is 6.07 Å². The minimum Gasteiger partial charge on any atom is -0.382 e. The van der Waals surface area contributed by atoms with Gasteiger partial charge >= 0.3 is 0 Å². The van der Waals surface area contributed by atoms with Gasteiger partial charge in [-0.25, -0.2) is 13.1 Å². The van der Waals surface area contributed by atoms with Crippen molar-refractivity contribution in [3.8, 4) is 0 Å². The number of anilines is 1. The molecule has 18 heavy (non-hydrogen) atoms. The maximum absolute atomic E-state index is 11.7. The number of hydrogen-bond donors (Lipinski definition) is 3. The van der Waals surface area contributed by atoms with E-state index in [9.17, 15) is 8.42 Å². The Kier molecular flexibility index (Phi) is 3.61. The van der Waals surface area contributed by atoms with Crippen LogP contribution < -0.4 is 15.8 Å². The largest absolute Gasteiger partial charge is 0.382 e. The summed E-state index contributed by atoms with van der Waals surface area (Å²) in [6, 6.07) is 5.72. The molecule has 6 heteroatoms. The molecule has 0 amide bonds. The van der Waals surface area contributed by atoms with Gasteiger partial charge in [0.25, 0.3) is 0 Å². The number of benzene rings is 1. The normalized spacial score (nSPS) is 23.5. The van der Waals surface area contributed by atoms with E-state index in [4.69, 9.17) is 5.73 Å². The first-order valence-corrected chi connectivity index (χ1v) is 7.47. The Bertz CT molecular complexity index is 536. The molecule has 0 unspecified atom stereocenters. The van der Waals surface area contributed by atoms with Crippen LogP contribution in [-0.4, -0.2) is 27.5 Å². The van der Waals surface area contributed by atoms with Crippen LogP contribution in [0.25, 0.3) is 0 Å². The van der Waals surface area contributed by atoms with Gasteiger partial charge in [-0.3, -0.25) is 0 Å². The highest BCUT2D eigenvalue weighted by Crippen LogP contribution is 2.26. The number of nitrogens with one attached hydrogen (secondary N) is 2. The monoisotopic (exact) mass is 269 g/mol. The fraction of sp³-hybridized carbons (Fsp3) is 0.500. The molecule has 0 atom stereocenters. The third-order valence-electron chi connectivity index (χ3n) is 3.32. The fourth-order valence-electron chi connectivity index (χ4n) is 2.04. The van der Waals surface area contributed by atoms with Gasteiger partial charge in [-0.15, -0.1) is 0 Å². The molecule has 1 aromatic rings. The van der Waals surface area contributed by atoms with Crippen LogP contribution in [0.3, 0.4) is 0 Å². The lowest BCUT2D eigenvalue weighted by Gasteiger charge is -2.34. The molecule has 0 spiro atoms. The molecule has 1 aliphatic rings. The van der Waals surface area contributed by atoms with E-state index < -0.39 is 10.0 Å². The summed E-state index contributed by atoms with van der Waals surface area (Å²) in [5.41, 5.74) is 7.63. The average Bonchev–Trinajstić information content (AvgIpc) is 2.29. The van der Waals surface area contributed by atoms with Crippen molar-refractivity contribution in [1.82, 2.24) is 4.72 Å². The second-order valence-electron chi connectivity index (χ2n) is 4.76. The second kappa shape index (κ2) is 4.87. The number of hydrogen-bond acceptors (Lipinski definition) is 4. The summed E-state index contributed by atoms with van der Waals surface area (Å²) in [6.45, 7) is 1.96. The van der Waals surface area contributed by atoms with Crippen LogP contribution in [0, 0.1) is 6.92 Å². The Hall–Kier alpha value is -1.11. The van der Waals surface area contributed by atoms with Crippen LogP contribution in [0.2, 0.25) is 0 Å². The Morgan fingerprint density at radius 1 is 1.33 bits per heavy atom. The van der Waals surface area contributed by atoms with Gasteiger partial charge in [-0.2, -0.15) is 0 Å². The van der Waals surface area contributed by atoms with Gasteiger partial charge in [0.15, 0.2) is 0 Å². The molecular weight excluding hydrogens is 250 g/mol. The van der Waals surface area contributed by atoms with Crippen LogP contribution in [0.15, 0.2) is 23.1 Å². The zero-order valence-electron chi connectivity index (χ0n) is 10.6. The van der Waals surface area contributed by atoms with Gasteiger partial charge < -0.3 is 11.1 Å². The van der Waals surface area contributed by atoms with Gasteiger partial charge in [-0.05, 0) is 44.5 Å². The number of aryl methyl sites for hydroxylation is 1. The molecule has 1 aromatic carbocycles. The third-order valence-corrected chi connectivity index (χ3v) is 4.73. The van der Waals surface area contributed by atoms with Crippen LogP contribution in [0.5, 0.6) is 0 Å². The molecule has 2 rings (SSSR count). The highest BCUT2D eigenvalue weighted by atomic mass is 32.2. The third kappa shape index (κ3) is 2.66. The molecule has 0 aliphatic heterocycles. The van der Waals surface area contributed by atoms with Crippen molar-refractivity contribution < 1.29 is 8.42 Å². The molecule has 0 aromatic heterocycles. The quantitative estimate of drug-likeness (QED) is 0.755. The highest BCUT2D eigenvalue weighted by Gasteiger charge is 2.26. The highest BCUT2D eigenvalue weighted by molar-refractivity contribution is 7.89. The molecule has 1 saturated carbocycles. The summed E-state index contributed by atoms with van der Waals surface area (Å²) >= 11 is 0. The summed E-state index contributed by atoms with van der Waals surface area (Å²) in [5, 5.41) is 3.34. The van der Waals surface area contributed by atoms with Crippen LogP contribution >= 0.6 is 0 Å². The second-order valence-corrected chi connectivity index (χ2v) is 6.64. The van der Waals surface area contributed by atoms with Crippen molar-refractivity contribution >= 4 is 15.7 Å². The van der Waals surface area contributed by atoms with Crippen LogP contribution in [0.4, 0.5) is 5.69 Å². The van der Waals surface area contributed by atoms with Gasteiger partial charge in [0.2, 0.25) is 10.0 Å². The Morgan fingerprint density at radius 3 is 2.56 bits per heavy atom. The molecule has 5 nitrogen and oxygen atoms in total. The minimum atomic E-state index is -3.39. The lowest BCUT2D eigenvalue weighted by atomic mass is 9.87. The standard InChI is InChI=1S/C12H19N3O2S/c1-8-3-4-11(18(16,17)14-2)7-12(8)15-10-5-9(13)6-10/h3-4,7,9-10,14-15H,5-6,13H2,1-2H3. The summed E-state index contributed by atoms with van der Waals surface area (Å²) in [6.07, 6.45) is 1.87. The predicted octanol–water partition coefficient (Wildman–Crippen LogP) is 0.805. The topological polar surface area (TPSA) is 84.2 Å². The average molecular weight is 269 g/mol. The van der Waals surface area contributed by atoms with Crippen molar-refractivity contribution in [3.63, 3.8) is 0 Å². The smallest absolute Gasteiger partial charge is 0.240 e. The number of sulfonamides is 1. The van der Waals surface area contributed by atoms with Crippen LogP contribution in [0.1, 0.15) is 18.4 Å². The molecular formula is C12H19N3O2S. The molecule has 1 fully saturated rings. The van der Waals surface area contributed by atoms with E-state index in [0.29, 0.717) is 6.04 Å². The summed E-state index contributed by atoms with van der Waals surface area (Å²) in [5.74, 6) is 0. The predicted molar refractivity (Wildman–Crippen MR) is 72.0 cm³/mol. The first-order valence-electron chi connectivity index (χ1n) is 5.98. The van der Waals surface area contributed by atoms with Crippen molar-refractivity contribution in [3.05, 3.63) is 23.8 Å². The molecule has 0 radical (unpaired) electrons. The van der Waals surface area contributed by atoms with E-state index >= 15 is 0 Å². The summed E-state index contributed by atoms with van der Waals surface area (Å²) in [7, 11) is -1.98.